The highest BCUT2D eigenvalue weighted by Gasteiger charge is 2.13. The topological polar surface area (TPSA) is 71.8 Å². The van der Waals surface area contributed by atoms with Crippen LogP contribution in [-0.2, 0) is 0 Å². The number of aromatic amines is 1. The fourth-order valence-electron chi connectivity index (χ4n) is 2.02. The van der Waals surface area contributed by atoms with Crippen molar-refractivity contribution in [3.8, 4) is 11.4 Å². The first-order valence-corrected chi connectivity index (χ1v) is 6.01. The Kier molecular flexibility index (Phi) is 2.07. The third kappa shape index (κ3) is 1.50. The monoisotopic (exact) mass is 270 g/mol. The van der Waals surface area contributed by atoms with Crippen LogP contribution in [0.15, 0.2) is 36.7 Å². The van der Waals surface area contributed by atoms with Crippen LogP contribution in [0.25, 0.3) is 27.9 Å². The lowest BCUT2D eigenvalue weighted by Gasteiger charge is -1.99. The van der Waals surface area contributed by atoms with Gasteiger partial charge in [-0.15, -0.1) is 5.10 Å². The van der Waals surface area contributed by atoms with Crippen molar-refractivity contribution < 1.29 is 0 Å². The molecule has 0 aliphatic rings. The Morgan fingerprint density at radius 3 is 2.89 bits per heavy atom. The lowest BCUT2D eigenvalue weighted by Crippen LogP contribution is -1.94. The number of aromatic nitrogens is 6. The van der Waals surface area contributed by atoms with Crippen LogP contribution in [0.4, 0.5) is 0 Å². The molecule has 0 saturated heterocycles. The second kappa shape index (κ2) is 3.76. The van der Waals surface area contributed by atoms with Gasteiger partial charge in [-0.25, -0.2) is 9.97 Å². The largest absolute Gasteiger partial charge is 0.285 e. The molecule has 0 radical (unpaired) electrons. The number of hydrogen-bond acceptors (Lipinski definition) is 4. The highest BCUT2D eigenvalue weighted by atomic mass is 35.5. The van der Waals surface area contributed by atoms with Crippen molar-refractivity contribution >= 4 is 28.2 Å². The lowest BCUT2D eigenvalue weighted by molar-refractivity contribution is 0.939. The summed E-state index contributed by atoms with van der Waals surface area (Å²) in [5.41, 5.74) is 2.29. The molecule has 0 aliphatic carbocycles. The molecule has 0 unspecified atom stereocenters. The predicted molar refractivity (Wildman–Crippen MR) is 70.9 cm³/mol. The van der Waals surface area contributed by atoms with Crippen molar-refractivity contribution in [2.24, 2.45) is 0 Å². The van der Waals surface area contributed by atoms with E-state index in [-0.39, 0.29) is 5.28 Å². The van der Waals surface area contributed by atoms with Gasteiger partial charge >= 0.3 is 0 Å². The van der Waals surface area contributed by atoms with Crippen LogP contribution < -0.4 is 0 Å². The molecule has 0 fully saturated rings. The molecule has 7 heteroatoms. The van der Waals surface area contributed by atoms with E-state index in [0.717, 1.165) is 16.5 Å². The summed E-state index contributed by atoms with van der Waals surface area (Å²) < 4.78 is 1.53. The average molecular weight is 271 g/mol. The molecule has 0 bridgehead atoms. The van der Waals surface area contributed by atoms with Crippen LogP contribution in [-0.4, -0.2) is 29.8 Å². The summed E-state index contributed by atoms with van der Waals surface area (Å²) >= 11 is 6.14. The van der Waals surface area contributed by atoms with Crippen molar-refractivity contribution in [1.29, 1.82) is 0 Å². The first kappa shape index (κ1) is 10.5. The molecule has 0 saturated carbocycles. The van der Waals surface area contributed by atoms with E-state index in [2.05, 4.69) is 25.3 Å². The van der Waals surface area contributed by atoms with Gasteiger partial charge in [0.15, 0.2) is 11.5 Å². The van der Waals surface area contributed by atoms with Crippen LogP contribution in [0.3, 0.4) is 0 Å². The minimum atomic E-state index is 0.288. The van der Waals surface area contributed by atoms with Gasteiger partial charge in [0.25, 0.3) is 0 Å². The number of halogens is 1. The molecular weight excluding hydrogens is 264 g/mol. The highest BCUT2D eigenvalue weighted by Crippen LogP contribution is 2.23. The zero-order valence-corrected chi connectivity index (χ0v) is 10.3. The molecular formula is C12H7ClN6. The number of hydrogen-bond donors (Lipinski definition) is 1. The highest BCUT2D eigenvalue weighted by molar-refractivity contribution is 6.29. The minimum Gasteiger partial charge on any atom is -0.285 e. The molecule has 1 N–H and O–H groups in total. The van der Waals surface area contributed by atoms with E-state index in [9.17, 15) is 0 Å². The second-order valence-corrected chi connectivity index (χ2v) is 4.39. The third-order valence-electron chi connectivity index (χ3n) is 2.90. The Bertz CT molecular complexity index is 880. The number of fused-ring (bicyclic) bond motifs is 3. The van der Waals surface area contributed by atoms with Crippen LogP contribution in [0.2, 0.25) is 5.28 Å². The number of nitrogens with one attached hydrogen (secondary N) is 1. The molecule has 3 aromatic heterocycles. The van der Waals surface area contributed by atoms with Crippen molar-refractivity contribution in [1.82, 2.24) is 29.8 Å². The first-order chi connectivity index (χ1) is 9.33. The van der Waals surface area contributed by atoms with E-state index in [1.54, 1.807) is 12.4 Å². The molecule has 4 aromatic rings. The number of H-pyrrole nitrogens is 1. The van der Waals surface area contributed by atoms with Crippen LogP contribution in [0, 0.1) is 0 Å². The van der Waals surface area contributed by atoms with E-state index in [1.807, 2.05) is 24.3 Å². The maximum absolute atomic E-state index is 6.14. The minimum absolute atomic E-state index is 0.288. The SMILES string of the molecule is Clc1nc2ccccc2c2nc(-c3cn[nH]c3)nn12. The summed E-state index contributed by atoms with van der Waals surface area (Å²) in [5, 5.41) is 12.2. The van der Waals surface area contributed by atoms with Crippen LogP contribution in [0.1, 0.15) is 0 Å². The van der Waals surface area contributed by atoms with E-state index >= 15 is 0 Å². The summed E-state index contributed by atoms with van der Waals surface area (Å²) in [7, 11) is 0. The fraction of sp³-hybridized carbons (Fsp3) is 0. The molecule has 1 aromatic carbocycles. The molecule has 0 atom stereocenters. The van der Waals surface area contributed by atoms with Gasteiger partial charge in [-0.3, -0.25) is 5.10 Å². The Balaban J connectivity index is 2.12. The van der Waals surface area contributed by atoms with E-state index in [1.165, 1.54) is 4.52 Å². The standard InChI is InChI=1S/C12H7ClN6/c13-12-16-9-4-2-1-3-8(9)11-17-10(18-19(11)12)7-5-14-15-6-7/h1-6H,(H,14,15). The van der Waals surface area contributed by atoms with Crippen molar-refractivity contribution in [2.75, 3.05) is 0 Å². The smallest absolute Gasteiger partial charge is 0.226 e. The van der Waals surface area contributed by atoms with Crippen molar-refractivity contribution in [3.05, 3.63) is 41.9 Å². The van der Waals surface area contributed by atoms with Crippen LogP contribution >= 0.6 is 11.6 Å². The zero-order valence-electron chi connectivity index (χ0n) is 9.58. The van der Waals surface area contributed by atoms with E-state index in [4.69, 9.17) is 11.6 Å². The first-order valence-electron chi connectivity index (χ1n) is 5.63. The predicted octanol–water partition coefficient (Wildman–Crippen LogP) is 2.32. The third-order valence-corrected chi connectivity index (χ3v) is 3.14. The maximum atomic E-state index is 6.14. The second-order valence-electron chi connectivity index (χ2n) is 4.06. The quantitative estimate of drug-likeness (QED) is 0.539. The number of benzene rings is 1. The number of nitrogens with zero attached hydrogens (tertiary/aromatic N) is 5. The van der Waals surface area contributed by atoms with Gasteiger partial charge in [-0.2, -0.15) is 9.61 Å². The molecule has 4 rings (SSSR count). The molecule has 6 nitrogen and oxygen atoms in total. The summed E-state index contributed by atoms with van der Waals surface area (Å²) in [5.74, 6) is 0.564. The Morgan fingerprint density at radius 2 is 2.05 bits per heavy atom. The molecule has 92 valence electrons. The average Bonchev–Trinajstić information content (AvgIpc) is 3.08. The Labute approximate surface area is 112 Å². The van der Waals surface area contributed by atoms with Crippen molar-refractivity contribution in [3.63, 3.8) is 0 Å². The van der Waals surface area contributed by atoms with E-state index in [0.29, 0.717) is 11.5 Å². The van der Waals surface area contributed by atoms with Gasteiger partial charge in [-0.05, 0) is 23.7 Å². The summed E-state index contributed by atoms with van der Waals surface area (Å²) in [6.45, 7) is 0. The zero-order chi connectivity index (χ0) is 12.8. The van der Waals surface area contributed by atoms with Gasteiger partial charge in [0, 0.05) is 11.6 Å². The number of para-hydroxylation sites is 1. The molecule has 3 heterocycles. The molecule has 0 amide bonds. The van der Waals surface area contributed by atoms with E-state index < -0.39 is 0 Å². The summed E-state index contributed by atoms with van der Waals surface area (Å²) in [4.78, 5) is 8.81. The van der Waals surface area contributed by atoms with Gasteiger partial charge in [0.05, 0.1) is 17.3 Å². The van der Waals surface area contributed by atoms with Crippen LogP contribution in [0.5, 0.6) is 0 Å². The number of rotatable bonds is 1. The van der Waals surface area contributed by atoms with Gasteiger partial charge in [0.2, 0.25) is 5.28 Å². The Hall–Kier alpha value is -2.47. The fourth-order valence-corrected chi connectivity index (χ4v) is 2.23. The molecule has 19 heavy (non-hydrogen) atoms. The van der Waals surface area contributed by atoms with Gasteiger partial charge in [0.1, 0.15) is 0 Å². The van der Waals surface area contributed by atoms with Gasteiger partial charge < -0.3 is 0 Å². The summed E-state index contributed by atoms with van der Waals surface area (Å²) in [6, 6.07) is 7.69. The molecule has 0 spiro atoms. The lowest BCUT2D eigenvalue weighted by atomic mass is 10.2. The summed E-state index contributed by atoms with van der Waals surface area (Å²) in [6.07, 6.45) is 3.40. The van der Waals surface area contributed by atoms with Crippen molar-refractivity contribution in [2.45, 2.75) is 0 Å². The normalized spacial score (nSPS) is 11.4. The molecule has 0 aliphatic heterocycles. The Morgan fingerprint density at radius 1 is 1.16 bits per heavy atom. The maximum Gasteiger partial charge on any atom is 0.226 e. The van der Waals surface area contributed by atoms with Gasteiger partial charge in [-0.1, -0.05) is 12.1 Å².